The molecule has 0 fully saturated rings. The lowest BCUT2D eigenvalue weighted by molar-refractivity contribution is 0.274. The molecule has 0 aliphatic heterocycles. The van der Waals surface area contributed by atoms with Crippen LogP contribution in [0, 0.1) is 0 Å². The third-order valence-electron chi connectivity index (χ3n) is 7.25. The summed E-state index contributed by atoms with van der Waals surface area (Å²) in [6.07, 6.45) is 12.6. The number of nitrogens with one attached hydrogen (secondary N) is 2. The van der Waals surface area contributed by atoms with Gasteiger partial charge in [0.1, 0.15) is 24.6 Å². The lowest BCUT2D eigenvalue weighted by atomic mass is 10.0. The number of aryl methyl sites for hydroxylation is 1. The number of unbranched alkanes of at least 4 members (excludes halogenated alkanes) is 1. The van der Waals surface area contributed by atoms with Gasteiger partial charge >= 0.3 is 0 Å². The second kappa shape index (κ2) is 18.9. The van der Waals surface area contributed by atoms with Crippen molar-refractivity contribution in [2.45, 2.75) is 83.6 Å². The summed E-state index contributed by atoms with van der Waals surface area (Å²) in [6.45, 7) is 2.53. The van der Waals surface area contributed by atoms with E-state index < -0.39 is 0 Å². The largest absolute Gasteiger partial charge is 0.482 e. The summed E-state index contributed by atoms with van der Waals surface area (Å²) >= 11 is 0. The number of hydrogen-bond donors (Lipinski definition) is 6. The fourth-order valence-corrected chi connectivity index (χ4v) is 4.84. The zero-order valence-corrected chi connectivity index (χ0v) is 26.6. The fourth-order valence-electron chi connectivity index (χ4n) is 4.84. The highest BCUT2D eigenvalue weighted by atomic mass is 16.5. The van der Waals surface area contributed by atoms with E-state index in [0.717, 1.165) is 44.1 Å². The molecule has 16 heteroatoms. The van der Waals surface area contributed by atoms with Gasteiger partial charge in [-0.2, -0.15) is 30.4 Å². The van der Waals surface area contributed by atoms with Gasteiger partial charge in [0.05, 0.1) is 18.6 Å². The number of anilines is 4. The maximum absolute atomic E-state index is 9.74. The smallest absolute Gasteiger partial charge is 0.222 e. The van der Waals surface area contributed by atoms with Gasteiger partial charge in [-0.15, -0.1) is 0 Å². The first kappa shape index (κ1) is 34.9. The number of nitrogen functional groups attached to an aromatic ring is 2. The zero-order valence-electron chi connectivity index (χ0n) is 26.6. The van der Waals surface area contributed by atoms with Gasteiger partial charge in [-0.1, -0.05) is 19.8 Å². The Morgan fingerprint density at radius 3 is 1.94 bits per heavy atom. The van der Waals surface area contributed by atoms with Gasteiger partial charge in [0.2, 0.25) is 11.9 Å². The van der Waals surface area contributed by atoms with E-state index in [9.17, 15) is 10.2 Å². The summed E-state index contributed by atoms with van der Waals surface area (Å²) in [5, 5.41) is 42.3. The SMILES string of the molecule is CCCC[C@@H](CCO)Nc1nc(N)ncc1OCc1cc(CCC[C@@H](CCO)Nc2nc(N)ncc2OCc2cccnn2)cnn1. The van der Waals surface area contributed by atoms with Crippen molar-refractivity contribution in [3.05, 3.63) is 59.9 Å². The van der Waals surface area contributed by atoms with Crippen LogP contribution < -0.4 is 31.6 Å². The molecule has 252 valence electrons. The minimum Gasteiger partial charge on any atom is -0.482 e. The molecular weight excluding hydrogens is 604 g/mol. The molecule has 0 amide bonds. The number of aliphatic hydroxyl groups is 2. The Balaban J connectivity index is 1.33. The third-order valence-corrected chi connectivity index (χ3v) is 7.25. The van der Waals surface area contributed by atoms with Gasteiger partial charge in [-0.3, -0.25) is 0 Å². The van der Waals surface area contributed by atoms with E-state index in [1.54, 1.807) is 18.5 Å². The minimum atomic E-state index is -0.103. The predicted molar refractivity (Wildman–Crippen MR) is 176 cm³/mol. The van der Waals surface area contributed by atoms with E-state index in [1.165, 1.54) is 12.4 Å². The number of aromatic nitrogens is 8. The first-order chi connectivity index (χ1) is 23.0. The third kappa shape index (κ3) is 11.7. The van der Waals surface area contributed by atoms with Crippen molar-refractivity contribution in [1.29, 1.82) is 0 Å². The summed E-state index contributed by atoms with van der Waals surface area (Å²) in [5.74, 6) is 2.02. The summed E-state index contributed by atoms with van der Waals surface area (Å²) < 4.78 is 11.9. The lowest BCUT2D eigenvalue weighted by Gasteiger charge is -2.20. The molecule has 0 spiro atoms. The van der Waals surface area contributed by atoms with E-state index in [4.69, 9.17) is 20.9 Å². The molecule has 4 aromatic rings. The number of aliphatic hydroxyl groups excluding tert-OH is 2. The Labute approximate surface area is 273 Å². The number of rotatable bonds is 21. The molecule has 0 saturated heterocycles. The number of nitrogens with zero attached hydrogens (tertiary/aromatic N) is 8. The van der Waals surface area contributed by atoms with Crippen molar-refractivity contribution in [3.63, 3.8) is 0 Å². The van der Waals surface area contributed by atoms with Crippen molar-refractivity contribution in [1.82, 2.24) is 40.3 Å². The average Bonchev–Trinajstić information content (AvgIpc) is 3.07. The predicted octanol–water partition coefficient (Wildman–Crippen LogP) is 2.71. The molecule has 0 saturated carbocycles. The van der Waals surface area contributed by atoms with E-state index in [1.807, 2.05) is 12.1 Å². The van der Waals surface area contributed by atoms with Crippen molar-refractivity contribution in [2.75, 3.05) is 35.3 Å². The Morgan fingerprint density at radius 1 is 0.766 bits per heavy atom. The highest BCUT2D eigenvalue weighted by molar-refractivity contribution is 5.52. The fraction of sp³-hybridized carbons (Fsp3) is 0.484. The molecule has 4 rings (SSSR count). The molecule has 0 unspecified atom stereocenters. The van der Waals surface area contributed by atoms with Crippen LogP contribution in [0.1, 0.15) is 68.8 Å². The molecule has 0 aliphatic carbocycles. The van der Waals surface area contributed by atoms with E-state index in [0.29, 0.717) is 47.4 Å². The molecule has 4 heterocycles. The first-order valence-corrected chi connectivity index (χ1v) is 15.8. The molecule has 8 N–H and O–H groups in total. The molecule has 47 heavy (non-hydrogen) atoms. The van der Waals surface area contributed by atoms with Gasteiger partial charge in [0.15, 0.2) is 23.1 Å². The minimum absolute atomic E-state index is 0.00261. The van der Waals surface area contributed by atoms with Crippen LogP contribution in [0.5, 0.6) is 11.5 Å². The summed E-state index contributed by atoms with van der Waals surface area (Å²) in [5.41, 5.74) is 14.0. The Bertz CT molecular complexity index is 1500. The molecular formula is C31H44N12O4. The second-order valence-electron chi connectivity index (χ2n) is 11.0. The highest BCUT2D eigenvalue weighted by Crippen LogP contribution is 2.26. The second-order valence-corrected chi connectivity index (χ2v) is 11.0. The molecule has 16 nitrogen and oxygen atoms in total. The van der Waals surface area contributed by atoms with Gasteiger partial charge in [0, 0.05) is 31.5 Å². The van der Waals surface area contributed by atoms with Crippen LogP contribution in [0.3, 0.4) is 0 Å². The molecule has 0 aliphatic rings. The van der Waals surface area contributed by atoms with E-state index >= 15 is 0 Å². The number of nitrogens with two attached hydrogens (primary N) is 2. The molecule has 0 bridgehead atoms. The van der Waals surface area contributed by atoms with Crippen molar-refractivity contribution < 1.29 is 19.7 Å². The number of ether oxygens (including phenoxy) is 2. The zero-order chi connectivity index (χ0) is 33.3. The lowest BCUT2D eigenvalue weighted by Crippen LogP contribution is -2.23. The van der Waals surface area contributed by atoms with Gasteiger partial charge in [0.25, 0.3) is 0 Å². The van der Waals surface area contributed by atoms with Gasteiger partial charge in [-0.25, -0.2) is 9.97 Å². The van der Waals surface area contributed by atoms with Crippen LogP contribution >= 0.6 is 0 Å². The van der Waals surface area contributed by atoms with Crippen LogP contribution in [0.25, 0.3) is 0 Å². The normalized spacial score (nSPS) is 12.3. The maximum Gasteiger partial charge on any atom is 0.222 e. The van der Waals surface area contributed by atoms with Gasteiger partial charge < -0.3 is 41.8 Å². The van der Waals surface area contributed by atoms with Crippen LogP contribution in [0.4, 0.5) is 23.5 Å². The topological polar surface area (TPSA) is 238 Å². The summed E-state index contributed by atoms with van der Waals surface area (Å²) in [6, 6.07) is 5.47. The highest BCUT2D eigenvalue weighted by Gasteiger charge is 2.16. The van der Waals surface area contributed by atoms with Crippen LogP contribution in [0.2, 0.25) is 0 Å². The quantitative estimate of drug-likeness (QED) is 0.0761. The number of hydrogen-bond acceptors (Lipinski definition) is 16. The summed E-state index contributed by atoms with van der Waals surface area (Å²) in [7, 11) is 0. The molecule has 2 atom stereocenters. The Morgan fingerprint density at radius 2 is 1.36 bits per heavy atom. The van der Waals surface area contributed by atoms with Crippen molar-refractivity contribution >= 4 is 23.5 Å². The average molecular weight is 649 g/mol. The first-order valence-electron chi connectivity index (χ1n) is 15.8. The monoisotopic (exact) mass is 648 g/mol. The standard InChI is InChI=1S/C31H44N12O4/c1-2-3-7-22(10-13-44)38-29-27(18-35-31(33)41-29)47-20-25-15-21(16-37-43-25)6-4-8-23(11-14-45)39-28-26(17-34-30(32)40-28)46-19-24-9-5-12-36-42-24/h5,9,12,15-18,22-23,44-45H,2-4,6-8,10-11,13-14,19-20H2,1H3,(H3,32,34,39,40)(H3,33,35,38,41)/t22-,23-/m0/s1. The van der Waals surface area contributed by atoms with E-state index in [-0.39, 0.29) is 50.4 Å². The van der Waals surface area contributed by atoms with Crippen molar-refractivity contribution in [2.24, 2.45) is 0 Å². The Kier molecular flexibility index (Phi) is 14.0. The van der Waals surface area contributed by atoms with Crippen LogP contribution in [-0.2, 0) is 19.6 Å². The van der Waals surface area contributed by atoms with Crippen LogP contribution in [0.15, 0.2) is 43.0 Å². The van der Waals surface area contributed by atoms with Crippen molar-refractivity contribution in [3.8, 4) is 11.5 Å². The molecule has 0 radical (unpaired) electrons. The Hall–Kier alpha value is -4.96. The maximum atomic E-state index is 9.74. The molecule has 4 aromatic heterocycles. The molecule has 0 aromatic carbocycles. The summed E-state index contributed by atoms with van der Waals surface area (Å²) in [4.78, 5) is 16.8. The van der Waals surface area contributed by atoms with Gasteiger partial charge in [-0.05, 0) is 62.3 Å². The van der Waals surface area contributed by atoms with Crippen LogP contribution in [-0.4, -0.2) is 75.8 Å². The van der Waals surface area contributed by atoms with E-state index in [2.05, 4.69) is 57.9 Å².